The lowest BCUT2D eigenvalue weighted by atomic mass is 10.1. The summed E-state index contributed by atoms with van der Waals surface area (Å²) in [5.74, 6) is 0. The number of halogens is 1. The van der Waals surface area contributed by atoms with E-state index in [4.69, 9.17) is 5.73 Å². The zero-order chi connectivity index (χ0) is 12.4. The van der Waals surface area contributed by atoms with E-state index in [1.807, 2.05) is 25.1 Å². The van der Waals surface area contributed by atoms with Gasteiger partial charge in [-0.25, -0.2) is 4.98 Å². The molecule has 0 saturated carbocycles. The SMILES string of the molecule is Cc1nc(CC(N)c2ccccc2Br)sc1C. The number of aryl methyl sites for hydroxylation is 2. The standard InChI is InChI=1S/C13H15BrN2S/c1-8-9(2)17-13(16-8)7-12(15)10-5-3-4-6-11(10)14/h3-6,12H,7,15H2,1-2H3. The van der Waals surface area contributed by atoms with Gasteiger partial charge in [-0.05, 0) is 25.5 Å². The van der Waals surface area contributed by atoms with Crippen molar-refractivity contribution in [3.05, 3.63) is 49.9 Å². The lowest BCUT2D eigenvalue weighted by Crippen LogP contribution is -2.13. The predicted octanol–water partition coefficient (Wildman–Crippen LogP) is 3.76. The van der Waals surface area contributed by atoms with Gasteiger partial charge in [0.1, 0.15) is 0 Å². The summed E-state index contributed by atoms with van der Waals surface area (Å²) in [5, 5.41) is 1.11. The van der Waals surface area contributed by atoms with Gasteiger partial charge in [-0.2, -0.15) is 0 Å². The van der Waals surface area contributed by atoms with E-state index in [-0.39, 0.29) is 6.04 Å². The summed E-state index contributed by atoms with van der Waals surface area (Å²) < 4.78 is 1.07. The summed E-state index contributed by atoms with van der Waals surface area (Å²) in [5.41, 5.74) is 8.48. The van der Waals surface area contributed by atoms with Crippen LogP contribution >= 0.6 is 27.3 Å². The van der Waals surface area contributed by atoms with Crippen LogP contribution in [0.1, 0.15) is 27.2 Å². The van der Waals surface area contributed by atoms with Crippen molar-refractivity contribution >= 4 is 27.3 Å². The van der Waals surface area contributed by atoms with Crippen LogP contribution < -0.4 is 5.73 Å². The molecule has 2 nitrogen and oxygen atoms in total. The first kappa shape index (κ1) is 12.7. The van der Waals surface area contributed by atoms with E-state index in [1.165, 1.54) is 4.88 Å². The van der Waals surface area contributed by atoms with Gasteiger partial charge >= 0.3 is 0 Å². The third-order valence-electron chi connectivity index (χ3n) is 2.77. The van der Waals surface area contributed by atoms with Crippen molar-refractivity contribution in [2.24, 2.45) is 5.73 Å². The van der Waals surface area contributed by atoms with Crippen LogP contribution in [-0.2, 0) is 6.42 Å². The summed E-state index contributed by atoms with van der Waals surface area (Å²) in [6, 6.07) is 8.09. The first-order valence-corrected chi connectivity index (χ1v) is 7.12. The first-order chi connectivity index (χ1) is 8.08. The number of nitrogens with two attached hydrogens (primary N) is 1. The minimum atomic E-state index is -0.00414. The number of hydrogen-bond donors (Lipinski definition) is 1. The predicted molar refractivity (Wildman–Crippen MR) is 76.4 cm³/mol. The van der Waals surface area contributed by atoms with Gasteiger partial charge in [0.05, 0.1) is 10.7 Å². The van der Waals surface area contributed by atoms with Crippen LogP contribution in [0.15, 0.2) is 28.7 Å². The Kier molecular flexibility index (Phi) is 3.97. The second kappa shape index (κ2) is 5.29. The first-order valence-electron chi connectivity index (χ1n) is 5.51. The fourth-order valence-corrected chi connectivity index (χ4v) is 3.27. The third-order valence-corrected chi connectivity index (χ3v) is 4.59. The van der Waals surface area contributed by atoms with Gasteiger partial charge in [0.25, 0.3) is 0 Å². The Labute approximate surface area is 114 Å². The van der Waals surface area contributed by atoms with Crippen LogP contribution in [0.3, 0.4) is 0 Å². The average molecular weight is 311 g/mol. The maximum atomic E-state index is 6.22. The summed E-state index contributed by atoms with van der Waals surface area (Å²) in [6.45, 7) is 4.14. The lowest BCUT2D eigenvalue weighted by molar-refractivity contribution is 0.713. The Hall–Kier alpha value is -0.710. The van der Waals surface area contributed by atoms with Gasteiger partial charge in [-0.1, -0.05) is 34.1 Å². The molecule has 0 saturated heterocycles. The maximum Gasteiger partial charge on any atom is 0.0949 e. The molecule has 1 unspecified atom stereocenters. The monoisotopic (exact) mass is 310 g/mol. The molecule has 2 aromatic rings. The molecule has 0 radical (unpaired) electrons. The van der Waals surface area contributed by atoms with Crippen molar-refractivity contribution in [2.45, 2.75) is 26.3 Å². The van der Waals surface area contributed by atoms with E-state index in [9.17, 15) is 0 Å². The number of benzene rings is 1. The van der Waals surface area contributed by atoms with Crippen molar-refractivity contribution < 1.29 is 0 Å². The molecular formula is C13H15BrN2S. The highest BCUT2D eigenvalue weighted by Gasteiger charge is 2.13. The number of hydrogen-bond acceptors (Lipinski definition) is 3. The van der Waals surface area contributed by atoms with Gasteiger partial charge < -0.3 is 5.73 Å². The van der Waals surface area contributed by atoms with Gasteiger partial charge in [-0.15, -0.1) is 11.3 Å². The zero-order valence-corrected chi connectivity index (χ0v) is 12.3. The molecule has 0 aliphatic carbocycles. The van der Waals surface area contributed by atoms with E-state index >= 15 is 0 Å². The Morgan fingerprint density at radius 2 is 2.06 bits per heavy atom. The molecule has 1 atom stereocenters. The summed E-state index contributed by atoms with van der Waals surface area (Å²) in [4.78, 5) is 5.81. The Morgan fingerprint density at radius 1 is 1.35 bits per heavy atom. The van der Waals surface area contributed by atoms with Gasteiger partial charge in [0, 0.05) is 21.8 Å². The van der Waals surface area contributed by atoms with Gasteiger partial charge in [-0.3, -0.25) is 0 Å². The summed E-state index contributed by atoms with van der Waals surface area (Å²) in [6.07, 6.45) is 0.794. The lowest BCUT2D eigenvalue weighted by Gasteiger charge is -2.11. The van der Waals surface area contributed by atoms with Crippen LogP contribution in [-0.4, -0.2) is 4.98 Å². The Bertz CT molecular complexity index is 502. The summed E-state index contributed by atoms with van der Waals surface area (Å²) >= 11 is 5.27. The van der Waals surface area contributed by atoms with Crippen molar-refractivity contribution in [1.29, 1.82) is 0 Å². The quantitative estimate of drug-likeness (QED) is 0.937. The van der Waals surface area contributed by atoms with E-state index < -0.39 is 0 Å². The topological polar surface area (TPSA) is 38.9 Å². The number of nitrogens with zero attached hydrogens (tertiary/aromatic N) is 1. The van der Waals surface area contributed by atoms with Crippen LogP contribution in [0.2, 0.25) is 0 Å². The number of rotatable bonds is 3. The second-order valence-electron chi connectivity index (χ2n) is 4.08. The van der Waals surface area contributed by atoms with Crippen molar-refractivity contribution in [3.8, 4) is 0 Å². The number of thiazole rings is 1. The molecule has 1 heterocycles. The second-order valence-corrected chi connectivity index (χ2v) is 6.22. The molecule has 0 bridgehead atoms. The van der Waals surface area contributed by atoms with Crippen LogP contribution in [0, 0.1) is 13.8 Å². The molecule has 0 spiro atoms. The van der Waals surface area contributed by atoms with Crippen LogP contribution in [0.4, 0.5) is 0 Å². The molecular weight excluding hydrogens is 296 g/mol. The van der Waals surface area contributed by atoms with E-state index in [2.05, 4.69) is 33.9 Å². The third kappa shape index (κ3) is 2.94. The highest BCUT2D eigenvalue weighted by Crippen LogP contribution is 2.26. The van der Waals surface area contributed by atoms with E-state index in [0.717, 1.165) is 27.2 Å². The van der Waals surface area contributed by atoms with E-state index in [1.54, 1.807) is 11.3 Å². The molecule has 1 aromatic carbocycles. The van der Waals surface area contributed by atoms with Crippen LogP contribution in [0.25, 0.3) is 0 Å². The van der Waals surface area contributed by atoms with Crippen LogP contribution in [0.5, 0.6) is 0 Å². The normalized spacial score (nSPS) is 12.7. The molecule has 2 rings (SSSR count). The fraction of sp³-hybridized carbons (Fsp3) is 0.308. The Balaban J connectivity index is 2.17. The van der Waals surface area contributed by atoms with Crippen molar-refractivity contribution in [3.63, 3.8) is 0 Å². The molecule has 17 heavy (non-hydrogen) atoms. The molecule has 1 aromatic heterocycles. The van der Waals surface area contributed by atoms with Crippen molar-refractivity contribution in [2.75, 3.05) is 0 Å². The number of aromatic nitrogens is 1. The summed E-state index contributed by atoms with van der Waals surface area (Å²) in [7, 11) is 0. The van der Waals surface area contributed by atoms with Gasteiger partial charge in [0.15, 0.2) is 0 Å². The van der Waals surface area contributed by atoms with Gasteiger partial charge in [0.2, 0.25) is 0 Å². The average Bonchev–Trinajstić information content (AvgIpc) is 2.58. The minimum Gasteiger partial charge on any atom is -0.324 e. The molecule has 2 N–H and O–H groups in total. The molecule has 0 aliphatic heterocycles. The molecule has 0 aliphatic rings. The molecule has 4 heteroatoms. The highest BCUT2D eigenvalue weighted by atomic mass is 79.9. The molecule has 0 amide bonds. The molecule has 90 valence electrons. The fourth-order valence-electron chi connectivity index (χ4n) is 1.70. The smallest absolute Gasteiger partial charge is 0.0949 e. The Morgan fingerprint density at radius 3 is 2.65 bits per heavy atom. The van der Waals surface area contributed by atoms with E-state index in [0.29, 0.717) is 0 Å². The highest BCUT2D eigenvalue weighted by molar-refractivity contribution is 9.10. The maximum absolute atomic E-state index is 6.22. The zero-order valence-electron chi connectivity index (χ0n) is 9.90. The van der Waals surface area contributed by atoms with Crippen molar-refractivity contribution in [1.82, 2.24) is 4.98 Å². The molecule has 0 fully saturated rings. The minimum absolute atomic E-state index is 0.00414. The largest absolute Gasteiger partial charge is 0.324 e.